The first-order chi connectivity index (χ1) is 8.90. The molecule has 6 nitrogen and oxygen atoms in total. The molecule has 2 amide bonds. The maximum absolute atomic E-state index is 11.7. The third kappa shape index (κ3) is 5.59. The van der Waals surface area contributed by atoms with Gasteiger partial charge in [-0.25, -0.2) is 4.79 Å². The predicted octanol–water partition coefficient (Wildman–Crippen LogP) is 0.553. The van der Waals surface area contributed by atoms with Crippen LogP contribution < -0.4 is 10.6 Å². The Kier molecular flexibility index (Phi) is 6.27. The number of hydrogen-bond donors (Lipinski definition) is 3. The van der Waals surface area contributed by atoms with Crippen molar-refractivity contribution >= 4 is 22.8 Å². The first-order valence-electron chi connectivity index (χ1n) is 6.52. The van der Waals surface area contributed by atoms with Crippen molar-refractivity contribution in [3.63, 3.8) is 0 Å². The average Bonchev–Trinajstić information content (AvgIpc) is 2.31. The SMILES string of the molecule is CC(C)C(CNC(=O)NC1CCS(=O)CC1)C(=O)O. The van der Waals surface area contributed by atoms with Crippen LogP contribution in [0.15, 0.2) is 0 Å². The molecule has 1 atom stereocenters. The Morgan fingerprint density at radius 3 is 2.37 bits per heavy atom. The molecule has 0 aromatic rings. The number of carbonyl (C=O) groups excluding carboxylic acids is 1. The molecule has 1 unspecified atom stereocenters. The molecule has 1 fully saturated rings. The van der Waals surface area contributed by atoms with Gasteiger partial charge in [0.2, 0.25) is 0 Å². The summed E-state index contributed by atoms with van der Waals surface area (Å²) in [7, 11) is -0.749. The normalized spacial score (nSPS) is 24.8. The second-order valence-corrected chi connectivity index (χ2v) is 6.86. The van der Waals surface area contributed by atoms with E-state index < -0.39 is 22.7 Å². The fourth-order valence-electron chi connectivity index (χ4n) is 1.99. The molecule has 1 heterocycles. The fourth-order valence-corrected chi connectivity index (χ4v) is 3.28. The smallest absolute Gasteiger partial charge is 0.315 e. The fraction of sp³-hybridized carbons (Fsp3) is 0.833. The van der Waals surface area contributed by atoms with Crippen LogP contribution in [0.5, 0.6) is 0 Å². The van der Waals surface area contributed by atoms with Crippen LogP contribution in [0, 0.1) is 11.8 Å². The minimum atomic E-state index is -0.900. The van der Waals surface area contributed by atoms with Gasteiger partial charge in [0.25, 0.3) is 0 Å². The third-order valence-corrected chi connectivity index (χ3v) is 4.71. The first-order valence-corrected chi connectivity index (χ1v) is 8.01. The molecule has 1 aliphatic rings. The van der Waals surface area contributed by atoms with Gasteiger partial charge in [0.1, 0.15) is 0 Å². The lowest BCUT2D eigenvalue weighted by Gasteiger charge is -2.23. The first kappa shape index (κ1) is 15.9. The minimum Gasteiger partial charge on any atom is -0.481 e. The van der Waals surface area contributed by atoms with Crippen molar-refractivity contribution in [2.24, 2.45) is 11.8 Å². The van der Waals surface area contributed by atoms with Gasteiger partial charge in [0.05, 0.1) is 5.92 Å². The average molecular weight is 290 g/mol. The van der Waals surface area contributed by atoms with Gasteiger partial charge in [-0.3, -0.25) is 9.00 Å². The Balaban J connectivity index is 2.31. The van der Waals surface area contributed by atoms with Gasteiger partial charge in [-0.15, -0.1) is 0 Å². The van der Waals surface area contributed by atoms with Crippen LogP contribution in [0.3, 0.4) is 0 Å². The zero-order valence-electron chi connectivity index (χ0n) is 11.3. The maximum Gasteiger partial charge on any atom is 0.315 e. The van der Waals surface area contributed by atoms with Crippen molar-refractivity contribution in [3.05, 3.63) is 0 Å². The Labute approximate surface area is 115 Å². The zero-order valence-corrected chi connectivity index (χ0v) is 12.2. The number of nitrogens with one attached hydrogen (secondary N) is 2. The Bertz CT molecular complexity index is 350. The van der Waals surface area contributed by atoms with Crippen LogP contribution in [0.4, 0.5) is 4.79 Å². The van der Waals surface area contributed by atoms with E-state index in [0.717, 1.165) is 0 Å². The third-order valence-electron chi connectivity index (χ3n) is 3.33. The quantitative estimate of drug-likeness (QED) is 0.689. The number of hydrogen-bond acceptors (Lipinski definition) is 3. The summed E-state index contributed by atoms with van der Waals surface area (Å²) >= 11 is 0. The molecule has 7 heteroatoms. The molecule has 0 bridgehead atoms. The molecular weight excluding hydrogens is 268 g/mol. The molecular formula is C12H22N2O4S. The number of amides is 2. The van der Waals surface area contributed by atoms with Gasteiger partial charge in [0.15, 0.2) is 0 Å². The lowest BCUT2D eigenvalue weighted by atomic mass is 9.96. The van der Waals surface area contributed by atoms with E-state index in [0.29, 0.717) is 24.3 Å². The number of carboxylic acids is 1. The Morgan fingerprint density at radius 2 is 1.89 bits per heavy atom. The molecule has 19 heavy (non-hydrogen) atoms. The Morgan fingerprint density at radius 1 is 1.32 bits per heavy atom. The van der Waals surface area contributed by atoms with Gasteiger partial charge < -0.3 is 15.7 Å². The van der Waals surface area contributed by atoms with Crippen LogP contribution in [-0.2, 0) is 15.6 Å². The summed E-state index contributed by atoms with van der Waals surface area (Å²) in [6, 6.07) is -0.301. The standard InChI is InChI=1S/C12H22N2O4S/c1-8(2)10(11(15)16)7-13-12(17)14-9-3-5-19(18)6-4-9/h8-10H,3-7H2,1-2H3,(H,15,16)(H2,13,14,17). The van der Waals surface area contributed by atoms with Gasteiger partial charge in [0, 0.05) is 34.9 Å². The highest BCUT2D eigenvalue weighted by molar-refractivity contribution is 7.85. The molecule has 1 aliphatic heterocycles. The second kappa shape index (κ2) is 7.47. The highest BCUT2D eigenvalue weighted by atomic mass is 32.2. The molecule has 0 saturated carbocycles. The van der Waals surface area contributed by atoms with Crippen LogP contribution in [-0.4, -0.2) is 45.4 Å². The Hall–Kier alpha value is -1.11. The summed E-state index contributed by atoms with van der Waals surface area (Å²) in [4.78, 5) is 22.6. The van der Waals surface area contributed by atoms with Crippen molar-refractivity contribution in [2.45, 2.75) is 32.7 Å². The molecule has 110 valence electrons. The van der Waals surface area contributed by atoms with Crippen molar-refractivity contribution in [3.8, 4) is 0 Å². The summed E-state index contributed by atoms with van der Waals surface area (Å²) in [6.07, 6.45) is 1.43. The van der Waals surface area contributed by atoms with Gasteiger partial charge in [-0.1, -0.05) is 13.8 Å². The summed E-state index contributed by atoms with van der Waals surface area (Å²) in [5.74, 6) is -0.272. The van der Waals surface area contributed by atoms with Gasteiger partial charge in [-0.2, -0.15) is 0 Å². The maximum atomic E-state index is 11.7. The largest absolute Gasteiger partial charge is 0.481 e. The number of carboxylic acid groups (broad SMARTS) is 1. The summed E-state index contributed by atoms with van der Waals surface area (Å²) < 4.78 is 11.2. The van der Waals surface area contributed by atoms with Gasteiger partial charge >= 0.3 is 12.0 Å². The van der Waals surface area contributed by atoms with E-state index in [2.05, 4.69) is 10.6 Å². The molecule has 0 radical (unpaired) electrons. The second-order valence-electron chi connectivity index (χ2n) is 5.17. The number of rotatable bonds is 5. The van der Waals surface area contributed by atoms with E-state index in [1.807, 2.05) is 13.8 Å². The highest BCUT2D eigenvalue weighted by Crippen LogP contribution is 2.10. The lowest BCUT2D eigenvalue weighted by molar-refractivity contribution is -0.142. The number of aliphatic carboxylic acids is 1. The van der Waals surface area contributed by atoms with Crippen molar-refractivity contribution < 1.29 is 18.9 Å². The van der Waals surface area contributed by atoms with Gasteiger partial charge in [-0.05, 0) is 18.8 Å². The molecule has 0 spiro atoms. The molecule has 0 aliphatic carbocycles. The molecule has 1 saturated heterocycles. The highest BCUT2D eigenvalue weighted by Gasteiger charge is 2.23. The van der Waals surface area contributed by atoms with E-state index in [4.69, 9.17) is 5.11 Å². The van der Waals surface area contributed by atoms with Crippen LogP contribution >= 0.6 is 0 Å². The van der Waals surface area contributed by atoms with E-state index in [9.17, 15) is 13.8 Å². The number of carbonyl (C=O) groups is 2. The van der Waals surface area contributed by atoms with Crippen LogP contribution in [0.1, 0.15) is 26.7 Å². The van der Waals surface area contributed by atoms with Crippen molar-refractivity contribution in [2.75, 3.05) is 18.1 Å². The lowest BCUT2D eigenvalue weighted by Crippen LogP contribution is -2.47. The number of urea groups is 1. The summed E-state index contributed by atoms with van der Waals surface area (Å²) in [5, 5.41) is 14.4. The monoisotopic (exact) mass is 290 g/mol. The van der Waals surface area contributed by atoms with Crippen molar-refractivity contribution in [1.82, 2.24) is 10.6 Å². The minimum absolute atomic E-state index is 0.0325. The zero-order chi connectivity index (χ0) is 14.4. The molecule has 3 N–H and O–H groups in total. The summed E-state index contributed by atoms with van der Waals surface area (Å²) in [6.45, 7) is 3.75. The van der Waals surface area contributed by atoms with E-state index in [1.54, 1.807) is 0 Å². The van der Waals surface area contributed by atoms with Crippen LogP contribution in [0.25, 0.3) is 0 Å². The topological polar surface area (TPSA) is 95.5 Å². The van der Waals surface area contributed by atoms with E-state index in [1.165, 1.54) is 0 Å². The predicted molar refractivity (Wildman–Crippen MR) is 73.4 cm³/mol. The molecule has 0 aromatic heterocycles. The van der Waals surface area contributed by atoms with Crippen molar-refractivity contribution in [1.29, 1.82) is 0 Å². The van der Waals surface area contributed by atoms with Crippen LogP contribution in [0.2, 0.25) is 0 Å². The molecule has 0 aromatic carbocycles. The molecule has 1 rings (SSSR count). The van der Waals surface area contributed by atoms with E-state index >= 15 is 0 Å². The summed E-state index contributed by atoms with van der Waals surface area (Å²) in [5.41, 5.74) is 0. The van der Waals surface area contributed by atoms with E-state index in [-0.39, 0.29) is 24.5 Å².